The highest BCUT2D eigenvalue weighted by Gasteiger charge is 2.32. The fourth-order valence-electron chi connectivity index (χ4n) is 3.52. The lowest BCUT2D eigenvalue weighted by Crippen LogP contribution is -2.54. The van der Waals surface area contributed by atoms with Gasteiger partial charge in [0.2, 0.25) is 0 Å². The number of rotatable bonds is 4. The largest absolute Gasteiger partial charge is 0.313 e. The van der Waals surface area contributed by atoms with Crippen molar-refractivity contribution in [3.8, 4) is 0 Å². The second kappa shape index (κ2) is 6.75. The molecule has 2 aliphatic rings. The molecule has 2 aliphatic carbocycles. The molecule has 0 aromatic rings. The van der Waals surface area contributed by atoms with Crippen LogP contribution in [0.3, 0.4) is 0 Å². The van der Waals surface area contributed by atoms with Gasteiger partial charge in [-0.15, -0.1) is 0 Å². The van der Waals surface area contributed by atoms with Gasteiger partial charge in [-0.2, -0.15) is 0 Å². The Morgan fingerprint density at radius 3 is 2.24 bits per heavy atom. The first-order chi connectivity index (χ1) is 8.33. The van der Waals surface area contributed by atoms with Crippen LogP contribution in [0, 0.1) is 0 Å². The summed E-state index contributed by atoms with van der Waals surface area (Å²) < 4.78 is 0. The first-order valence-corrected chi connectivity index (χ1v) is 7.78. The molecule has 0 amide bonds. The van der Waals surface area contributed by atoms with E-state index in [1.807, 2.05) is 0 Å². The van der Waals surface area contributed by atoms with Crippen LogP contribution in [0.1, 0.15) is 64.7 Å². The summed E-state index contributed by atoms with van der Waals surface area (Å²) in [6.07, 6.45) is 12.9. The zero-order chi connectivity index (χ0) is 12.1. The number of likely N-dealkylation sites (N-methyl/N-ethyl adjacent to an activating group) is 2. The fourth-order valence-corrected chi connectivity index (χ4v) is 3.52. The van der Waals surface area contributed by atoms with E-state index in [1.54, 1.807) is 0 Å². The maximum atomic E-state index is 3.74. The Bertz CT molecular complexity index is 213. The molecule has 100 valence electrons. The minimum absolute atomic E-state index is 0.742. The van der Waals surface area contributed by atoms with Crippen LogP contribution in [-0.2, 0) is 0 Å². The number of hydrogen-bond donors (Lipinski definition) is 1. The first-order valence-electron chi connectivity index (χ1n) is 7.78. The minimum Gasteiger partial charge on any atom is -0.313 e. The third-order valence-corrected chi connectivity index (χ3v) is 4.87. The highest BCUT2D eigenvalue weighted by Crippen LogP contribution is 2.29. The average molecular weight is 238 g/mol. The average Bonchev–Trinajstić information content (AvgIpc) is 2.19. The Morgan fingerprint density at radius 2 is 1.65 bits per heavy atom. The topological polar surface area (TPSA) is 15.3 Å². The molecule has 0 heterocycles. The van der Waals surface area contributed by atoms with Crippen molar-refractivity contribution in [2.24, 2.45) is 0 Å². The second-order valence-electron chi connectivity index (χ2n) is 5.97. The lowest BCUT2D eigenvalue weighted by atomic mass is 9.86. The van der Waals surface area contributed by atoms with E-state index in [-0.39, 0.29) is 0 Å². The Morgan fingerprint density at radius 1 is 0.941 bits per heavy atom. The number of nitrogens with zero attached hydrogens (tertiary/aromatic N) is 1. The van der Waals surface area contributed by atoms with Crippen molar-refractivity contribution < 1.29 is 0 Å². The van der Waals surface area contributed by atoms with Gasteiger partial charge in [-0.25, -0.2) is 0 Å². The predicted octanol–water partition coefficient (Wildman–Crippen LogP) is 3.17. The summed E-state index contributed by atoms with van der Waals surface area (Å²) in [5, 5.41) is 3.74. The monoisotopic (exact) mass is 238 g/mol. The van der Waals surface area contributed by atoms with Gasteiger partial charge in [0.1, 0.15) is 0 Å². The van der Waals surface area contributed by atoms with E-state index in [2.05, 4.69) is 24.2 Å². The summed E-state index contributed by atoms with van der Waals surface area (Å²) in [5.74, 6) is 0. The number of hydrogen-bond acceptors (Lipinski definition) is 2. The molecule has 2 saturated carbocycles. The lowest BCUT2D eigenvalue weighted by Gasteiger charge is -2.44. The zero-order valence-corrected chi connectivity index (χ0v) is 11.8. The van der Waals surface area contributed by atoms with E-state index in [9.17, 15) is 0 Å². The van der Waals surface area contributed by atoms with Gasteiger partial charge in [0.15, 0.2) is 0 Å². The van der Waals surface area contributed by atoms with Crippen LogP contribution in [0.2, 0.25) is 0 Å². The lowest BCUT2D eigenvalue weighted by molar-refractivity contribution is 0.0744. The smallest absolute Gasteiger partial charge is 0.0249 e. The van der Waals surface area contributed by atoms with Crippen molar-refractivity contribution in [3.05, 3.63) is 0 Å². The van der Waals surface area contributed by atoms with Crippen LogP contribution in [0.5, 0.6) is 0 Å². The predicted molar refractivity (Wildman–Crippen MR) is 74.4 cm³/mol. The van der Waals surface area contributed by atoms with E-state index < -0.39 is 0 Å². The Labute approximate surface area is 107 Å². The van der Waals surface area contributed by atoms with Gasteiger partial charge >= 0.3 is 0 Å². The molecule has 0 spiro atoms. The molecule has 2 nitrogen and oxygen atoms in total. The third kappa shape index (κ3) is 3.45. The van der Waals surface area contributed by atoms with Crippen LogP contribution in [0.4, 0.5) is 0 Å². The molecule has 17 heavy (non-hydrogen) atoms. The van der Waals surface area contributed by atoms with E-state index in [4.69, 9.17) is 0 Å². The van der Waals surface area contributed by atoms with Gasteiger partial charge in [-0.3, -0.25) is 4.90 Å². The maximum absolute atomic E-state index is 3.74. The van der Waals surface area contributed by atoms with Gasteiger partial charge in [0, 0.05) is 18.1 Å². The van der Waals surface area contributed by atoms with Crippen molar-refractivity contribution in [3.63, 3.8) is 0 Å². The second-order valence-corrected chi connectivity index (χ2v) is 5.97. The van der Waals surface area contributed by atoms with Crippen molar-refractivity contribution in [2.45, 2.75) is 82.8 Å². The fraction of sp³-hybridized carbons (Fsp3) is 1.00. The van der Waals surface area contributed by atoms with E-state index in [0.717, 1.165) is 24.7 Å². The molecule has 2 unspecified atom stereocenters. The standard InChI is InChI=1S/C15H30N2/c1-3-16-14-11-6-4-5-7-12-15(14)17(2)13-9-8-10-13/h13-16H,3-12H2,1-2H3. The maximum Gasteiger partial charge on any atom is 0.0249 e. The summed E-state index contributed by atoms with van der Waals surface area (Å²) in [6.45, 7) is 3.37. The molecule has 2 heteroatoms. The highest BCUT2D eigenvalue weighted by molar-refractivity contribution is 4.90. The van der Waals surface area contributed by atoms with Gasteiger partial charge in [-0.1, -0.05) is 39.0 Å². The van der Waals surface area contributed by atoms with E-state index >= 15 is 0 Å². The van der Waals surface area contributed by atoms with E-state index in [0.29, 0.717) is 0 Å². The molecular weight excluding hydrogens is 208 g/mol. The summed E-state index contributed by atoms with van der Waals surface area (Å²) in [7, 11) is 2.38. The van der Waals surface area contributed by atoms with Crippen LogP contribution < -0.4 is 5.32 Å². The molecule has 0 radical (unpaired) electrons. The van der Waals surface area contributed by atoms with Gasteiger partial charge < -0.3 is 5.32 Å². The summed E-state index contributed by atoms with van der Waals surface area (Å²) in [5.41, 5.74) is 0. The van der Waals surface area contributed by atoms with Crippen molar-refractivity contribution in [1.29, 1.82) is 0 Å². The normalized spacial score (nSPS) is 31.9. The molecule has 0 aromatic heterocycles. The van der Waals surface area contributed by atoms with E-state index in [1.165, 1.54) is 57.8 Å². The zero-order valence-electron chi connectivity index (χ0n) is 11.8. The third-order valence-electron chi connectivity index (χ3n) is 4.87. The first kappa shape index (κ1) is 13.4. The van der Waals surface area contributed by atoms with Crippen LogP contribution in [-0.4, -0.2) is 36.6 Å². The Balaban J connectivity index is 1.95. The minimum atomic E-state index is 0.742. The van der Waals surface area contributed by atoms with Gasteiger partial charge in [0.25, 0.3) is 0 Å². The molecule has 0 aliphatic heterocycles. The highest BCUT2D eigenvalue weighted by atomic mass is 15.2. The number of nitrogens with one attached hydrogen (secondary N) is 1. The SMILES string of the molecule is CCNC1CCCCCCC1N(C)C1CCC1. The van der Waals surface area contributed by atoms with Crippen molar-refractivity contribution in [2.75, 3.05) is 13.6 Å². The molecular formula is C15H30N2. The molecule has 1 N–H and O–H groups in total. The molecule has 0 bridgehead atoms. The molecule has 2 fully saturated rings. The van der Waals surface area contributed by atoms with Crippen molar-refractivity contribution >= 4 is 0 Å². The molecule has 0 saturated heterocycles. The van der Waals surface area contributed by atoms with Crippen LogP contribution in [0.25, 0.3) is 0 Å². The summed E-state index contributed by atoms with van der Waals surface area (Å²) >= 11 is 0. The van der Waals surface area contributed by atoms with Crippen molar-refractivity contribution in [1.82, 2.24) is 10.2 Å². The van der Waals surface area contributed by atoms with Gasteiger partial charge in [0.05, 0.1) is 0 Å². The van der Waals surface area contributed by atoms with Crippen LogP contribution in [0.15, 0.2) is 0 Å². The molecule has 2 atom stereocenters. The Hall–Kier alpha value is -0.0800. The molecule has 2 rings (SSSR count). The Kier molecular flexibility index (Phi) is 5.30. The van der Waals surface area contributed by atoms with Gasteiger partial charge in [-0.05, 0) is 39.3 Å². The quantitative estimate of drug-likeness (QED) is 0.809. The van der Waals surface area contributed by atoms with Crippen LogP contribution >= 0.6 is 0 Å². The molecule has 0 aromatic carbocycles. The summed E-state index contributed by atoms with van der Waals surface area (Å²) in [6, 6.07) is 2.42. The summed E-state index contributed by atoms with van der Waals surface area (Å²) in [4.78, 5) is 2.71.